The van der Waals surface area contributed by atoms with E-state index in [2.05, 4.69) is 15.8 Å². The van der Waals surface area contributed by atoms with Crippen molar-refractivity contribution in [2.45, 2.75) is 45.6 Å². The van der Waals surface area contributed by atoms with Crippen LogP contribution in [0.2, 0.25) is 0 Å². The standard InChI is InChI=1S/C12H19N3O4/c1-3-4-8(2)13-11(17)7-19-12(18)9-5-6-10(16)15-14-9/h8H,3-7H2,1-2H3,(H,13,17)(H,15,16). The summed E-state index contributed by atoms with van der Waals surface area (Å²) in [7, 11) is 0. The number of hydrazone groups is 1. The largest absolute Gasteiger partial charge is 0.451 e. The Bertz CT molecular complexity index is 392. The second-order valence-corrected chi connectivity index (χ2v) is 4.43. The summed E-state index contributed by atoms with van der Waals surface area (Å²) >= 11 is 0. The Balaban J connectivity index is 2.30. The second kappa shape index (κ2) is 7.50. The van der Waals surface area contributed by atoms with Crippen molar-refractivity contribution in [3.8, 4) is 0 Å². The number of hydrogen-bond donors (Lipinski definition) is 2. The van der Waals surface area contributed by atoms with Crippen molar-refractivity contribution in [1.82, 2.24) is 10.7 Å². The molecule has 0 radical (unpaired) electrons. The summed E-state index contributed by atoms with van der Waals surface area (Å²) in [5, 5.41) is 6.31. The summed E-state index contributed by atoms with van der Waals surface area (Å²) in [6.45, 7) is 3.59. The highest BCUT2D eigenvalue weighted by Crippen LogP contribution is 2.01. The number of hydrogen-bond acceptors (Lipinski definition) is 5. The zero-order valence-electron chi connectivity index (χ0n) is 11.2. The third-order valence-electron chi connectivity index (χ3n) is 2.60. The minimum atomic E-state index is -0.668. The number of nitrogens with one attached hydrogen (secondary N) is 2. The van der Waals surface area contributed by atoms with Gasteiger partial charge in [-0.3, -0.25) is 9.59 Å². The van der Waals surface area contributed by atoms with Crippen molar-refractivity contribution in [3.63, 3.8) is 0 Å². The van der Waals surface area contributed by atoms with E-state index in [0.29, 0.717) is 0 Å². The van der Waals surface area contributed by atoms with Crippen LogP contribution in [0.1, 0.15) is 39.5 Å². The molecule has 0 fully saturated rings. The molecule has 1 unspecified atom stereocenters. The van der Waals surface area contributed by atoms with Gasteiger partial charge in [0.05, 0.1) is 0 Å². The number of amides is 2. The van der Waals surface area contributed by atoms with Crippen LogP contribution in [0.15, 0.2) is 5.10 Å². The third kappa shape index (κ3) is 5.50. The first-order valence-corrected chi connectivity index (χ1v) is 6.34. The van der Waals surface area contributed by atoms with Gasteiger partial charge in [0.25, 0.3) is 5.91 Å². The maximum atomic E-state index is 11.5. The van der Waals surface area contributed by atoms with Crippen molar-refractivity contribution in [1.29, 1.82) is 0 Å². The molecule has 1 aliphatic heterocycles. The lowest BCUT2D eigenvalue weighted by atomic mass is 10.2. The van der Waals surface area contributed by atoms with Gasteiger partial charge in [-0.2, -0.15) is 5.10 Å². The summed E-state index contributed by atoms with van der Waals surface area (Å²) in [5.41, 5.74) is 2.33. The third-order valence-corrected chi connectivity index (χ3v) is 2.60. The lowest BCUT2D eigenvalue weighted by molar-refractivity contribution is -0.142. The minimum Gasteiger partial charge on any atom is -0.451 e. The highest BCUT2D eigenvalue weighted by atomic mass is 16.5. The Morgan fingerprint density at radius 1 is 1.47 bits per heavy atom. The van der Waals surface area contributed by atoms with E-state index in [9.17, 15) is 14.4 Å². The molecule has 1 heterocycles. The Kier molecular flexibility index (Phi) is 5.98. The first-order valence-electron chi connectivity index (χ1n) is 6.34. The number of carbonyl (C=O) groups excluding carboxylic acids is 3. The zero-order chi connectivity index (χ0) is 14.3. The van der Waals surface area contributed by atoms with E-state index in [0.717, 1.165) is 12.8 Å². The summed E-state index contributed by atoms with van der Waals surface area (Å²) < 4.78 is 4.82. The molecule has 1 aliphatic rings. The van der Waals surface area contributed by atoms with Crippen LogP contribution in [-0.2, 0) is 19.1 Å². The number of nitrogens with zero attached hydrogens (tertiary/aromatic N) is 1. The van der Waals surface area contributed by atoms with Gasteiger partial charge in [0.15, 0.2) is 6.61 Å². The van der Waals surface area contributed by atoms with Crippen molar-refractivity contribution in [2.24, 2.45) is 5.10 Å². The van der Waals surface area contributed by atoms with E-state index in [1.807, 2.05) is 13.8 Å². The molecule has 0 saturated carbocycles. The van der Waals surface area contributed by atoms with Gasteiger partial charge in [0.1, 0.15) is 5.71 Å². The van der Waals surface area contributed by atoms with Gasteiger partial charge in [-0.25, -0.2) is 10.2 Å². The fourth-order valence-corrected chi connectivity index (χ4v) is 1.66. The van der Waals surface area contributed by atoms with Crippen molar-refractivity contribution in [3.05, 3.63) is 0 Å². The van der Waals surface area contributed by atoms with Crippen LogP contribution >= 0.6 is 0 Å². The fourth-order valence-electron chi connectivity index (χ4n) is 1.66. The molecule has 0 aliphatic carbocycles. The number of rotatable bonds is 6. The molecule has 0 bridgehead atoms. The van der Waals surface area contributed by atoms with Crippen LogP contribution in [0.4, 0.5) is 0 Å². The van der Waals surface area contributed by atoms with Gasteiger partial charge in [-0.1, -0.05) is 13.3 Å². The average molecular weight is 269 g/mol. The molecule has 1 atom stereocenters. The minimum absolute atomic E-state index is 0.0579. The fraction of sp³-hybridized carbons (Fsp3) is 0.667. The SMILES string of the molecule is CCCC(C)NC(=O)COC(=O)C1=NNC(=O)CC1. The molecule has 2 N–H and O–H groups in total. The molecule has 106 valence electrons. The van der Waals surface area contributed by atoms with E-state index in [-0.39, 0.29) is 43.0 Å². The summed E-state index contributed by atoms with van der Waals surface area (Å²) in [6.07, 6.45) is 2.28. The maximum absolute atomic E-state index is 11.5. The molecule has 0 aromatic carbocycles. The molecule has 0 aromatic rings. The number of ether oxygens (including phenoxy) is 1. The van der Waals surface area contributed by atoms with Gasteiger partial charge in [0, 0.05) is 18.9 Å². The summed E-state index contributed by atoms with van der Waals surface area (Å²) in [5.74, 6) is -1.24. The Labute approximate surface area is 111 Å². The van der Waals surface area contributed by atoms with E-state index in [4.69, 9.17) is 4.74 Å². The van der Waals surface area contributed by atoms with Crippen LogP contribution in [-0.4, -0.2) is 36.1 Å². The monoisotopic (exact) mass is 269 g/mol. The highest BCUT2D eigenvalue weighted by molar-refractivity contribution is 6.37. The van der Waals surface area contributed by atoms with Crippen molar-refractivity contribution < 1.29 is 19.1 Å². The maximum Gasteiger partial charge on any atom is 0.355 e. The highest BCUT2D eigenvalue weighted by Gasteiger charge is 2.20. The first kappa shape index (κ1) is 15.1. The smallest absolute Gasteiger partial charge is 0.355 e. The zero-order valence-corrected chi connectivity index (χ0v) is 11.2. The molecule has 1 rings (SSSR count). The van der Waals surface area contributed by atoms with Crippen LogP contribution in [0.3, 0.4) is 0 Å². The molecule has 7 heteroatoms. The second-order valence-electron chi connectivity index (χ2n) is 4.43. The van der Waals surface area contributed by atoms with E-state index in [1.165, 1.54) is 0 Å². The summed E-state index contributed by atoms with van der Waals surface area (Å²) in [6, 6.07) is 0.0579. The lowest BCUT2D eigenvalue weighted by Gasteiger charge is -2.14. The Morgan fingerprint density at radius 2 is 2.21 bits per heavy atom. The molecule has 0 aromatic heterocycles. The topological polar surface area (TPSA) is 96.9 Å². The van der Waals surface area contributed by atoms with Gasteiger partial charge in [0.2, 0.25) is 5.91 Å². The quantitative estimate of drug-likeness (QED) is 0.668. The van der Waals surface area contributed by atoms with Gasteiger partial charge < -0.3 is 10.1 Å². The normalized spacial score (nSPS) is 16.1. The Morgan fingerprint density at radius 3 is 2.79 bits per heavy atom. The molecule has 0 spiro atoms. The predicted octanol–water partition coefficient (Wildman–Crippen LogP) is 0.100. The van der Waals surface area contributed by atoms with Crippen LogP contribution < -0.4 is 10.7 Å². The lowest BCUT2D eigenvalue weighted by Crippen LogP contribution is -2.37. The van der Waals surface area contributed by atoms with E-state index >= 15 is 0 Å². The van der Waals surface area contributed by atoms with Gasteiger partial charge in [-0.05, 0) is 13.3 Å². The van der Waals surface area contributed by atoms with Crippen LogP contribution in [0.25, 0.3) is 0 Å². The first-order chi connectivity index (χ1) is 9.02. The van der Waals surface area contributed by atoms with Crippen LogP contribution in [0.5, 0.6) is 0 Å². The average Bonchev–Trinajstić information content (AvgIpc) is 2.37. The van der Waals surface area contributed by atoms with E-state index in [1.54, 1.807) is 0 Å². The summed E-state index contributed by atoms with van der Waals surface area (Å²) in [4.78, 5) is 33.9. The Hall–Kier alpha value is -1.92. The van der Waals surface area contributed by atoms with Crippen molar-refractivity contribution in [2.75, 3.05) is 6.61 Å². The molecule has 2 amide bonds. The molecular formula is C12H19N3O4. The molecule has 19 heavy (non-hydrogen) atoms. The number of carbonyl (C=O) groups is 3. The molecule has 7 nitrogen and oxygen atoms in total. The number of esters is 1. The van der Waals surface area contributed by atoms with Gasteiger partial charge >= 0.3 is 5.97 Å². The van der Waals surface area contributed by atoms with Gasteiger partial charge in [-0.15, -0.1) is 0 Å². The molecule has 0 saturated heterocycles. The van der Waals surface area contributed by atoms with Crippen LogP contribution in [0, 0.1) is 0 Å². The van der Waals surface area contributed by atoms with Crippen molar-refractivity contribution >= 4 is 23.5 Å². The van der Waals surface area contributed by atoms with E-state index < -0.39 is 5.97 Å². The molecular weight excluding hydrogens is 250 g/mol. The predicted molar refractivity (Wildman–Crippen MR) is 68.3 cm³/mol.